The Morgan fingerprint density at radius 1 is 0.917 bits per heavy atom. The molecule has 2 aromatic carbocycles. The number of nitrogens with zero attached hydrogens (tertiary/aromatic N) is 2. The minimum atomic E-state index is -4.81. The number of nitro benzene ring substituents is 2. The van der Waals surface area contributed by atoms with E-state index >= 15 is 0 Å². The molecule has 0 amide bonds. The Balaban J connectivity index is 2.78. The van der Waals surface area contributed by atoms with Gasteiger partial charge in [-0.15, -0.1) is 0 Å². The maximum absolute atomic E-state index is 11.5. The molecule has 0 aliphatic heterocycles. The average Bonchev–Trinajstić information content (AvgIpc) is 2.51. The minimum absolute atomic E-state index is 0.569. The van der Waals surface area contributed by atoms with Gasteiger partial charge in [0.1, 0.15) is 4.90 Å². The van der Waals surface area contributed by atoms with Crippen molar-refractivity contribution >= 4 is 33.6 Å². The highest BCUT2D eigenvalue weighted by molar-refractivity contribution is 7.86. The van der Waals surface area contributed by atoms with Gasteiger partial charge in [-0.2, -0.15) is 8.42 Å². The van der Waals surface area contributed by atoms with Crippen LogP contribution < -0.4 is 0 Å². The standard InChI is InChI=1S/C14H10N2O7S/c17-15(18)12-8-9-13(24(21,22)23)11(14(12)16(19)20)7-6-10-4-2-1-3-5-10/h1-9H,(H,21,22,23). The molecule has 124 valence electrons. The minimum Gasteiger partial charge on any atom is -0.282 e. The van der Waals surface area contributed by atoms with Crippen LogP contribution in [0.5, 0.6) is 0 Å². The van der Waals surface area contributed by atoms with Crippen molar-refractivity contribution in [2.75, 3.05) is 0 Å². The molecular formula is C14H10N2O7S. The molecule has 0 heterocycles. The number of hydrogen-bond donors (Lipinski definition) is 1. The molecule has 0 radical (unpaired) electrons. The summed E-state index contributed by atoms with van der Waals surface area (Å²) in [6.45, 7) is 0. The van der Waals surface area contributed by atoms with Crippen LogP contribution >= 0.6 is 0 Å². The summed E-state index contributed by atoms with van der Waals surface area (Å²) in [6.07, 6.45) is 2.39. The summed E-state index contributed by atoms with van der Waals surface area (Å²) in [4.78, 5) is 19.4. The lowest BCUT2D eigenvalue weighted by Crippen LogP contribution is -2.06. The van der Waals surface area contributed by atoms with Gasteiger partial charge in [0, 0.05) is 6.07 Å². The maximum atomic E-state index is 11.5. The highest BCUT2D eigenvalue weighted by Crippen LogP contribution is 2.36. The zero-order chi connectivity index (χ0) is 17.9. The molecule has 0 spiro atoms. The van der Waals surface area contributed by atoms with E-state index in [-0.39, 0.29) is 0 Å². The lowest BCUT2D eigenvalue weighted by Gasteiger charge is -2.05. The summed E-state index contributed by atoms with van der Waals surface area (Å²) in [5.74, 6) is 0. The molecule has 0 aromatic heterocycles. The fourth-order valence-corrected chi connectivity index (χ4v) is 2.73. The fraction of sp³-hybridized carbons (Fsp3) is 0. The average molecular weight is 350 g/mol. The van der Waals surface area contributed by atoms with Crippen molar-refractivity contribution in [3.63, 3.8) is 0 Å². The van der Waals surface area contributed by atoms with Gasteiger partial charge in [-0.05, 0) is 17.7 Å². The first-order chi connectivity index (χ1) is 11.2. The second-order valence-electron chi connectivity index (χ2n) is 4.58. The van der Waals surface area contributed by atoms with Crippen molar-refractivity contribution in [1.82, 2.24) is 0 Å². The van der Waals surface area contributed by atoms with Gasteiger partial charge in [-0.1, -0.05) is 36.4 Å². The van der Waals surface area contributed by atoms with Crippen LogP contribution in [0.4, 0.5) is 11.4 Å². The van der Waals surface area contributed by atoms with Gasteiger partial charge in [0.15, 0.2) is 0 Å². The van der Waals surface area contributed by atoms with E-state index in [4.69, 9.17) is 0 Å². The summed E-state index contributed by atoms with van der Waals surface area (Å²) in [5, 5.41) is 22.2. The highest BCUT2D eigenvalue weighted by atomic mass is 32.2. The van der Waals surface area contributed by atoms with Crippen LogP contribution in [0.3, 0.4) is 0 Å². The summed E-state index contributed by atoms with van der Waals surface area (Å²) in [5.41, 5.74) is -1.87. The molecule has 1 N–H and O–H groups in total. The Labute approximate surface area is 135 Å². The Hall–Kier alpha value is -3.11. The number of benzene rings is 2. The van der Waals surface area contributed by atoms with Crippen LogP contribution in [-0.4, -0.2) is 22.8 Å². The Bertz CT molecular complexity index is 937. The summed E-state index contributed by atoms with van der Waals surface area (Å²) in [7, 11) is -4.81. The Kier molecular flexibility index (Phi) is 4.71. The molecular weight excluding hydrogens is 340 g/mol. The Morgan fingerprint density at radius 3 is 2.04 bits per heavy atom. The number of rotatable bonds is 5. The molecule has 0 fully saturated rings. The third-order valence-electron chi connectivity index (χ3n) is 3.05. The first-order valence-electron chi connectivity index (χ1n) is 6.38. The second kappa shape index (κ2) is 6.56. The van der Waals surface area contributed by atoms with E-state index in [1.807, 2.05) is 0 Å². The smallest absolute Gasteiger partial charge is 0.282 e. The Morgan fingerprint density at radius 2 is 1.54 bits per heavy atom. The normalized spacial score (nSPS) is 11.5. The van der Waals surface area contributed by atoms with Gasteiger partial charge in [0.25, 0.3) is 10.1 Å². The molecule has 10 heteroatoms. The van der Waals surface area contributed by atoms with Gasteiger partial charge in [0.05, 0.1) is 15.4 Å². The van der Waals surface area contributed by atoms with Crippen LogP contribution in [-0.2, 0) is 10.1 Å². The SMILES string of the molecule is O=[N+]([O-])c1ccc(S(=O)(=O)O)c(C=Cc2ccccc2)c1[N+](=O)[O-]. The summed E-state index contributed by atoms with van der Waals surface area (Å²) in [6, 6.07) is 9.82. The largest absolute Gasteiger partial charge is 0.354 e. The monoisotopic (exact) mass is 350 g/mol. The predicted octanol–water partition coefficient (Wildman–Crippen LogP) is 2.92. The van der Waals surface area contributed by atoms with Gasteiger partial charge >= 0.3 is 11.4 Å². The summed E-state index contributed by atoms with van der Waals surface area (Å²) >= 11 is 0. The van der Waals surface area contributed by atoms with Crippen molar-refractivity contribution < 1.29 is 22.8 Å². The molecule has 2 rings (SSSR count). The van der Waals surface area contributed by atoms with E-state index in [0.29, 0.717) is 11.6 Å². The number of hydrogen-bond acceptors (Lipinski definition) is 6. The molecule has 0 atom stereocenters. The van der Waals surface area contributed by atoms with Crippen molar-refractivity contribution in [2.45, 2.75) is 4.90 Å². The zero-order valence-corrected chi connectivity index (χ0v) is 12.7. The maximum Gasteiger partial charge on any atom is 0.354 e. The van der Waals surface area contributed by atoms with Gasteiger partial charge < -0.3 is 0 Å². The molecule has 0 saturated heterocycles. The summed E-state index contributed by atoms with van der Waals surface area (Å²) < 4.78 is 32.1. The van der Waals surface area contributed by atoms with Gasteiger partial charge in [0.2, 0.25) is 0 Å². The molecule has 0 aliphatic rings. The van der Waals surface area contributed by atoms with E-state index < -0.39 is 41.8 Å². The first-order valence-corrected chi connectivity index (χ1v) is 7.82. The van der Waals surface area contributed by atoms with Crippen molar-refractivity contribution in [2.24, 2.45) is 0 Å². The van der Waals surface area contributed by atoms with E-state index in [1.165, 1.54) is 6.08 Å². The quantitative estimate of drug-likeness (QED) is 0.378. The molecule has 9 nitrogen and oxygen atoms in total. The van der Waals surface area contributed by atoms with E-state index in [1.54, 1.807) is 30.3 Å². The number of nitro groups is 2. The third-order valence-corrected chi connectivity index (χ3v) is 3.97. The zero-order valence-electron chi connectivity index (χ0n) is 11.9. The van der Waals surface area contributed by atoms with E-state index in [2.05, 4.69) is 0 Å². The van der Waals surface area contributed by atoms with Gasteiger partial charge in [-0.3, -0.25) is 24.8 Å². The molecule has 0 unspecified atom stereocenters. The lowest BCUT2D eigenvalue weighted by molar-refractivity contribution is -0.422. The van der Waals surface area contributed by atoms with E-state index in [9.17, 15) is 33.2 Å². The van der Waals surface area contributed by atoms with Crippen LogP contribution in [0.1, 0.15) is 11.1 Å². The van der Waals surface area contributed by atoms with Crippen LogP contribution in [0.25, 0.3) is 12.2 Å². The van der Waals surface area contributed by atoms with Crippen LogP contribution in [0.2, 0.25) is 0 Å². The molecule has 0 bridgehead atoms. The lowest BCUT2D eigenvalue weighted by atomic mass is 10.1. The van der Waals surface area contributed by atoms with Crippen molar-refractivity contribution in [3.8, 4) is 0 Å². The topological polar surface area (TPSA) is 141 Å². The molecule has 2 aromatic rings. The highest BCUT2D eigenvalue weighted by Gasteiger charge is 2.32. The van der Waals surface area contributed by atoms with Crippen LogP contribution in [0.15, 0.2) is 47.4 Å². The van der Waals surface area contributed by atoms with Crippen LogP contribution in [0, 0.1) is 20.2 Å². The molecule has 24 heavy (non-hydrogen) atoms. The van der Waals surface area contributed by atoms with E-state index in [0.717, 1.165) is 12.1 Å². The molecule has 0 aliphatic carbocycles. The van der Waals surface area contributed by atoms with Crippen molar-refractivity contribution in [1.29, 1.82) is 0 Å². The van der Waals surface area contributed by atoms with Crippen molar-refractivity contribution in [3.05, 3.63) is 73.8 Å². The first kappa shape index (κ1) is 17.2. The second-order valence-corrected chi connectivity index (χ2v) is 5.97. The molecule has 0 saturated carbocycles. The predicted molar refractivity (Wildman–Crippen MR) is 84.9 cm³/mol. The fourth-order valence-electron chi connectivity index (χ4n) is 2.05. The van der Waals surface area contributed by atoms with Gasteiger partial charge in [-0.25, -0.2) is 0 Å². The third kappa shape index (κ3) is 3.62.